The number of ether oxygens (including phenoxy) is 1. The van der Waals surface area contributed by atoms with Gasteiger partial charge in [-0.1, -0.05) is 31.4 Å². The first kappa shape index (κ1) is 20.6. The Bertz CT molecular complexity index is 843. The molecule has 0 aromatic heterocycles. The Kier molecular flexibility index (Phi) is 6.36. The maximum atomic E-state index is 13.0. The number of hydrogen-bond acceptors (Lipinski definition) is 6. The topological polar surface area (TPSA) is 134 Å². The second-order valence-corrected chi connectivity index (χ2v) is 7.43. The molecule has 1 aliphatic carbocycles. The van der Waals surface area contributed by atoms with Crippen LogP contribution >= 0.6 is 0 Å². The molecule has 0 radical (unpaired) electrons. The summed E-state index contributed by atoms with van der Waals surface area (Å²) >= 11 is 0. The van der Waals surface area contributed by atoms with E-state index in [2.05, 4.69) is 10.6 Å². The normalized spacial score (nSPS) is 20.9. The Morgan fingerprint density at radius 1 is 1.17 bits per heavy atom. The van der Waals surface area contributed by atoms with Crippen molar-refractivity contribution in [1.29, 1.82) is 0 Å². The molecule has 0 spiro atoms. The summed E-state index contributed by atoms with van der Waals surface area (Å²) in [6.45, 7) is 1.58. The lowest BCUT2D eigenvalue weighted by Crippen LogP contribution is -2.45. The van der Waals surface area contributed by atoms with Crippen LogP contribution in [-0.4, -0.2) is 23.0 Å². The number of carbonyl (C=O) groups excluding carboxylic acids is 2. The molecule has 1 aromatic rings. The molecular formula is C20H24N3O6-. The SMILES string of the molecule is CC1=C(C(=O)OC2CCCCCCC2)[C@H](c2ccc([O-])c([N+](=O)[O-])c2)NC(=O)N1. The molecule has 9 nitrogen and oxygen atoms in total. The van der Waals surface area contributed by atoms with Crippen LogP contribution in [0.3, 0.4) is 0 Å². The van der Waals surface area contributed by atoms with Gasteiger partial charge in [0, 0.05) is 11.8 Å². The van der Waals surface area contributed by atoms with Gasteiger partial charge in [0.2, 0.25) is 0 Å². The Labute approximate surface area is 168 Å². The number of nitrogens with zero attached hydrogens (tertiary/aromatic N) is 1. The number of amides is 2. The minimum absolute atomic E-state index is 0.180. The third-order valence-corrected chi connectivity index (χ3v) is 5.33. The van der Waals surface area contributed by atoms with Crippen molar-refractivity contribution in [1.82, 2.24) is 10.6 Å². The molecule has 1 heterocycles. The van der Waals surface area contributed by atoms with Crippen LogP contribution in [0, 0.1) is 10.1 Å². The van der Waals surface area contributed by atoms with Gasteiger partial charge in [0.25, 0.3) is 5.69 Å². The van der Waals surface area contributed by atoms with Gasteiger partial charge in [-0.25, -0.2) is 9.59 Å². The number of hydrogen-bond donors (Lipinski definition) is 2. The molecule has 0 saturated heterocycles. The monoisotopic (exact) mass is 402 g/mol. The lowest BCUT2D eigenvalue weighted by molar-refractivity contribution is -0.398. The molecule has 1 saturated carbocycles. The van der Waals surface area contributed by atoms with Crippen molar-refractivity contribution in [3.05, 3.63) is 45.1 Å². The zero-order valence-corrected chi connectivity index (χ0v) is 16.2. The van der Waals surface area contributed by atoms with Gasteiger partial charge in [-0.3, -0.25) is 10.1 Å². The fourth-order valence-electron chi connectivity index (χ4n) is 3.82. The number of nitrogens with one attached hydrogen (secondary N) is 2. The van der Waals surface area contributed by atoms with Crippen LogP contribution in [0.1, 0.15) is 63.5 Å². The maximum absolute atomic E-state index is 13.0. The molecular weight excluding hydrogens is 378 g/mol. The predicted molar refractivity (Wildman–Crippen MR) is 102 cm³/mol. The van der Waals surface area contributed by atoms with E-state index in [1.807, 2.05) is 0 Å². The largest absolute Gasteiger partial charge is 0.868 e. The minimum Gasteiger partial charge on any atom is -0.868 e. The Balaban J connectivity index is 1.88. The van der Waals surface area contributed by atoms with Gasteiger partial charge in [-0.2, -0.15) is 0 Å². The van der Waals surface area contributed by atoms with Crippen LogP contribution in [0.5, 0.6) is 5.75 Å². The summed E-state index contributed by atoms with van der Waals surface area (Å²) in [6, 6.07) is 2.05. The molecule has 0 bridgehead atoms. The first-order valence-electron chi connectivity index (χ1n) is 9.81. The molecule has 29 heavy (non-hydrogen) atoms. The van der Waals surface area contributed by atoms with E-state index in [9.17, 15) is 24.8 Å². The average molecular weight is 402 g/mol. The summed E-state index contributed by atoms with van der Waals surface area (Å²) in [6.07, 6.45) is 6.79. The van der Waals surface area contributed by atoms with Gasteiger partial charge >= 0.3 is 12.0 Å². The van der Waals surface area contributed by atoms with E-state index in [1.165, 1.54) is 12.5 Å². The molecule has 1 fully saturated rings. The first-order chi connectivity index (χ1) is 13.9. The van der Waals surface area contributed by atoms with Crippen molar-refractivity contribution in [3.8, 4) is 5.75 Å². The molecule has 9 heteroatoms. The Morgan fingerprint density at radius 3 is 2.48 bits per heavy atom. The van der Waals surface area contributed by atoms with Crippen LogP contribution in [-0.2, 0) is 9.53 Å². The van der Waals surface area contributed by atoms with Gasteiger partial charge in [0.1, 0.15) is 6.10 Å². The van der Waals surface area contributed by atoms with Crippen molar-refractivity contribution in [2.75, 3.05) is 0 Å². The molecule has 156 valence electrons. The molecule has 2 amide bonds. The number of benzene rings is 1. The number of esters is 1. The summed E-state index contributed by atoms with van der Waals surface area (Å²) in [7, 11) is 0. The molecule has 1 aromatic carbocycles. The van der Waals surface area contributed by atoms with E-state index in [1.54, 1.807) is 6.92 Å². The number of allylic oxidation sites excluding steroid dienone is 1. The smallest absolute Gasteiger partial charge is 0.338 e. The number of urea groups is 1. The third kappa shape index (κ3) is 4.85. The minimum atomic E-state index is -0.941. The van der Waals surface area contributed by atoms with Gasteiger partial charge in [-0.05, 0) is 43.9 Å². The van der Waals surface area contributed by atoms with Gasteiger partial charge in [-0.15, -0.1) is 0 Å². The second kappa shape index (κ2) is 8.93. The number of nitro groups is 1. The fraction of sp³-hybridized carbons (Fsp3) is 0.500. The highest BCUT2D eigenvalue weighted by atomic mass is 16.6. The summed E-state index contributed by atoms with van der Waals surface area (Å²) in [4.78, 5) is 35.3. The van der Waals surface area contributed by atoms with E-state index in [0.29, 0.717) is 5.70 Å². The van der Waals surface area contributed by atoms with Gasteiger partial charge in [0.05, 0.1) is 16.5 Å². The van der Waals surface area contributed by atoms with E-state index < -0.39 is 34.4 Å². The Morgan fingerprint density at radius 2 is 1.83 bits per heavy atom. The zero-order chi connectivity index (χ0) is 21.0. The molecule has 2 aliphatic rings. The van der Waals surface area contributed by atoms with Gasteiger partial charge in [0.15, 0.2) is 0 Å². The molecule has 1 aliphatic heterocycles. The predicted octanol–water partition coefficient (Wildman–Crippen LogP) is 2.95. The van der Waals surface area contributed by atoms with Crippen LogP contribution in [0.4, 0.5) is 10.5 Å². The number of carbonyl (C=O) groups is 2. The van der Waals surface area contributed by atoms with Gasteiger partial charge < -0.3 is 20.5 Å². The van der Waals surface area contributed by atoms with Crippen molar-refractivity contribution in [3.63, 3.8) is 0 Å². The van der Waals surface area contributed by atoms with Crippen LogP contribution < -0.4 is 15.7 Å². The zero-order valence-electron chi connectivity index (χ0n) is 16.2. The Hall–Kier alpha value is -3.10. The van der Waals surface area contributed by atoms with Crippen molar-refractivity contribution < 1.29 is 24.4 Å². The third-order valence-electron chi connectivity index (χ3n) is 5.33. The second-order valence-electron chi connectivity index (χ2n) is 7.43. The maximum Gasteiger partial charge on any atom is 0.338 e. The fourth-order valence-corrected chi connectivity index (χ4v) is 3.82. The van der Waals surface area contributed by atoms with Crippen molar-refractivity contribution >= 4 is 17.7 Å². The molecule has 3 rings (SSSR count). The lowest BCUT2D eigenvalue weighted by Gasteiger charge is -2.30. The lowest BCUT2D eigenvalue weighted by atomic mass is 9.94. The van der Waals surface area contributed by atoms with Crippen molar-refractivity contribution in [2.45, 2.75) is 64.0 Å². The molecule has 0 unspecified atom stereocenters. The highest BCUT2D eigenvalue weighted by Crippen LogP contribution is 2.33. The summed E-state index contributed by atoms with van der Waals surface area (Å²) < 4.78 is 5.74. The quantitative estimate of drug-likeness (QED) is 0.452. The number of rotatable bonds is 4. The van der Waals surface area contributed by atoms with Crippen LogP contribution in [0.25, 0.3) is 0 Å². The van der Waals surface area contributed by atoms with E-state index in [0.717, 1.165) is 50.7 Å². The highest BCUT2D eigenvalue weighted by Gasteiger charge is 2.34. The standard InChI is InChI=1S/C20H25N3O6/c1-12-17(19(25)29-14-7-5-3-2-4-6-8-14)18(22-20(26)21-12)13-9-10-16(24)15(11-13)23(27)28/h9-11,14,18,24H,2-8H2,1H3,(H2,21,22,26)/p-1/t18-/m0/s1. The summed E-state index contributed by atoms with van der Waals surface area (Å²) in [5.41, 5.74) is 0.166. The highest BCUT2D eigenvalue weighted by molar-refractivity contribution is 5.95. The van der Waals surface area contributed by atoms with E-state index >= 15 is 0 Å². The molecule has 1 atom stereocenters. The van der Waals surface area contributed by atoms with Crippen LogP contribution in [0.15, 0.2) is 29.5 Å². The van der Waals surface area contributed by atoms with E-state index in [-0.39, 0.29) is 17.2 Å². The van der Waals surface area contributed by atoms with Crippen molar-refractivity contribution in [2.24, 2.45) is 0 Å². The van der Waals surface area contributed by atoms with Crippen LogP contribution in [0.2, 0.25) is 0 Å². The average Bonchev–Trinajstić information content (AvgIpc) is 2.63. The van der Waals surface area contributed by atoms with E-state index in [4.69, 9.17) is 4.74 Å². The molecule has 2 N–H and O–H groups in total. The summed E-state index contributed by atoms with van der Waals surface area (Å²) in [5, 5.41) is 28.0. The first-order valence-corrected chi connectivity index (χ1v) is 9.81. The number of nitro benzene ring substituents is 1. The summed E-state index contributed by atoms with van der Waals surface area (Å²) in [5.74, 6) is -1.31.